The van der Waals surface area contributed by atoms with Crippen LogP contribution >= 0.6 is 11.6 Å². The van der Waals surface area contributed by atoms with Crippen LogP contribution in [-0.2, 0) is 17.8 Å². The van der Waals surface area contributed by atoms with Crippen LogP contribution in [0, 0.1) is 5.82 Å². The third-order valence-corrected chi connectivity index (χ3v) is 3.96. The second-order valence-corrected chi connectivity index (χ2v) is 6.20. The van der Waals surface area contributed by atoms with E-state index in [1.54, 1.807) is 42.6 Å². The molecule has 6 heteroatoms. The summed E-state index contributed by atoms with van der Waals surface area (Å²) in [6, 6.07) is 17.0. The molecular weight excluding hydrogens is 353 g/mol. The Kier molecular flexibility index (Phi) is 5.81. The Hall–Kier alpha value is -2.92. The van der Waals surface area contributed by atoms with E-state index in [1.165, 1.54) is 12.1 Å². The first-order valence-corrected chi connectivity index (χ1v) is 8.45. The lowest BCUT2D eigenvalue weighted by Crippen LogP contribution is -2.14. The van der Waals surface area contributed by atoms with Crippen LogP contribution in [0.2, 0.25) is 5.02 Å². The van der Waals surface area contributed by atoms with Crippen LogP contribution < -0.4 is 10.6 Å². The van der Waals surface area contributed by atoms with Gasteiger partial charge in [0.2, 0.25) is 5.91 Å². The fraction of sp³-hybridized carbons (Fsp3) is 0.100. The van der Waals surface area contributed by atoms with Gasteiger partial charge in [-0.05, 0) is 47.5 Å². The van der Waals surface area contributed by atoms with E-state index in [9.17, 15) is 9.18 Å². The molecule has 4 nitrogen and oxygen atoms in total. The summed E-state index contributed by atoms with van der Waals surface area (Å²) in [6.07, 6.45) is 1.86. The molecule has 0 saturated heterocycles. The Morgan fingerprint density at radius 1 is 0.962 bits per heavy atom. The molecule has 1 amide bonds. The van der Waals surface area contributed by atoms with E-state index < -0.39 is 0 Å². The first-order valence-electron chi connectivity index (χ1n) is 8.07. The number of hydrogen-bond acceptors (Lipinski definition) is 3. The minimum Gasteiger partial charge on any atom is -0.366 e. The predicted molar refractivity (Wildman–Crippen MR) is 102 cm³/mol. The van der Waals surface area contributed by atoms with Crippen molar-refractivity contribution in [3.63, 3.8) is 0 Å². The van der Waals surface area contributed by atoms with Crippen LogP contribution in [0.15, 0.2) is 66.9 Å². The molecule has 3 aromatic rings. The van der Waals surface area contributed by atoms with Gasteiger partial charge in [0, 0.05) is 11.6 Å². The normalized spacial score (nSPS) is 10.4. The van der Waals surface area contributed by atoms with Gasteiger partial charge in [0.05, 0.1) is 18.3 Å². The molecule has 132 valence electrons. The molecule has 0 radical (unpaired) electrons. The van der Waals surface area contributed by atoms with E-state index >= 15 is 0 Å². The second-order valence-electron chi connectivity index (χ2n) is 5.76. The van der Waals surface area contributed by atoms with Crippen LogP contribution in [0.1, 0.15) is 11.1 Å². The molecular formula is C20H17ClFN3O. The third-order valence-electron chi connectivity index (χ3n) is 3.71. The van der Waals surface area contributed by atoms with Crippen LogP contribution in [0.4, 0.5) is 15.9 Å². The number of carbonyl (C=O) groups is 1. The quantitative estimate of drug-likeness (QED) is 0.664. The SMILES string of the molecule is O=C(Cc1ccc(Cl)cc1)Nc1ccc(NCc2ccc(F)cc2)nc1. The van der Waals surface area contributed by atoms with E-state index in [4.69, 9.17) is 11.6 Å². The second kappa shape index (κ2) is 8.45. The van der Waals surface area contributed by atoms with Gasteiger partial charge >= 0.3 is 0 Å². The molecule has 2 N–H and O–H groups in total. The van der Waals surface area contributed by atoms with Gasteiger partial charge in [0.15, 0.2) is 0 Å². The summed E-state index contributed by atoms with van der Waals surface area (Å²) in [6.45, 7) is 0.537. The molecule has 0 fully saturated rings. The molecule has 26 heavy (non-hydrogen) atoms. The van der Waals surface area contributed by atoms with Gasteiger partial charge in [-0.2, -0.15) is 0 Å². The summed E-state index contributed by atoms with van der Waals surface area (Å²) in [5.41, 5.74) is 2.46. The molecule has 0 unspecified atom stereocenters. The summed E-state index contributed by atoms with van der Waals surface area (Å²) >= 11 is 5.83. The summed E-state index contributed by atoms with van der Waals surface area (Å²) in [4.78, 5) is 16.3. The summed E-state index contributed by atoms with van der Waals surface area (Å²) in [5.74, 6) is 0.289. The van der Waals surface area contributed by atoms with Gasteiger partial charge in [-0.3, -0.25) is 4.79 Å². The summed E-state index contributed by atoms with van der Waals surface area (Å²) in [7, 11) is 0. The minimum absolute atomic E-state index is 0.124. The van der Waals surface area contributed by atoms with Crippen molar-refractivity contribution in [2.24, 2.45) is 0 Å². The number of benzene rings is 2. The van der Waals surface area contributed by atoms with E-state index in [2.05, 4.69) is 15.6 Å². The Balaban J connectivity index is 1.51. The van der Waals surface area contributed by atoms with Crippen LogP contribution in [0.25, 0.3) is 0 Å². The lowest BCUT2D eigenvalue weighted by molar-refractivity contribution is -0.115. The molecule has 3 rings (SSSR count). The van der Waals surface area contributed by atoms with Crippen molar-refractivity contribution in [1.29, 1.82) is 0 Å². The largest absolute Gasteiger partial charge is 0.366 e. The molecule has 0 saturated carbocycles. The molecule has 0 atom stereocenters. The predicted octanol–water partition coefficient (Wildman–Crippen LogP) is 4.67. The maximum Gasteiger partial charge on any atom is 0.228 e. The van der Waals surface area contributed by atoms with Crippen molar-refractivity contribution in [3.05, 3.63) is 88.8 Å². The highest BCUT2D eigenvalue weighted by Gasteiger charge is 2.05. The van der Waals surface area contributed by atoms with Crippen molar-refractivity contribution in [2.75, 3.05) is 10.6 Å². The molecule has 1 aromatic heterocycles. The van der Waals surface area contributed by atoms with Gasteiger partial charge in [0.25, 0.3) is 0 Å². The Morgan fingerprint density at radius 2 is 1.65 bits per heavy atom. The maximum atomic E-state index is 12.9. The maximum absolute atomic E-state index is 12.9. The molecule has 0 spiro atoms. The van der Waals surface area contributed by atoms with E-state index in [1.807, 2.05) is 12.1 Å². The average molecular weight is 370 g/mol. The zero-order chi connectivity index (χ0) is 18.4. The lowest BCUT2D eigenvalue weighted by atomic mass is 10.1. The zero-order valence-electron chi connectivity index (χ0n) is 13.9. The Bertz CT molecular complexity index is 865. The highest BCUT2D eigenvalue weighted by atomic mass is 35.5. The van der Waals surface area contributed by atoms with E-state index in [0.29, 0.717) is 23.1 Å². The number of carbonyl (C=O) groups excluding carboxylic acids is 1. The molecule has 0 bridgehead atoms. The van der Waals surface area contributed by atoms with Crippen molar-refractivity contribution in [3.8, 4) is 0 Å². The average Bonchev–Trinajstić information content (AvgIpc) is 2.64. The van der Waals surface area contributed by atoms with Crippen molar-refractivity contribution < 1.29 is 9.18 Å². The fourth-order valence-corrected chi connectivity index (χ4v) is 2.49. The Morgan fingerprint density at radius 3 is 2.31 bits per heavy atom. The van der Waals surface area contributed by atoms with Gasteiger partial charge in [-0.25, -0.2) is 9.37 Å². The highest BCUT2D eigenvalue weighted by molar-refractivity contribution is 6.30. The number of hydrogen-bond donors (Lipinski definition) is 2. The van der Waals surface area contributed by atoms with E-state index in [0.717, 1.165) is 11.1 Å². The molecule has 1 heterocycles. The Labute approximate surface area is 156 Å². The van der Waals surface area contributed by atoms with Crippen molar-refractivity contribution >= 4 is 29.0 Å². The minimum atomic E-state index is -0.259. The lowest BCUT2D eigenvalue weighted by Gasteiger charge is -2.08. The van der Waals surface area contributed by atoms with Crippen molar-refractivity contribution in [1.82, 2.24) is 4.98 Å². The van der Waals surface area contributed by atoms with Crippen LogP contribution in [0.3, 0.4) is 0 Å². The molecule has 0 aliphatic rings. The van der Waals surface area contributed by atoms with Gasteiger partial charge < -0.3 is 10.6 Å². The van der Waals surface area contributed by atoms with Gasteiger partial charge in [-0.15, -0.1) is 0 Å². The number of rotatable bonds is 6. The van der Waals surface area contributed by atoms with Crippen LogP contribution in [-0.4, -0.2) is 10.9 Å². The number of aromatic nitrogens is 1. The van der Waals surface area contributed by atoms with E-state index in [-0.39, 0.29) is 18.1 Å². The van der Waals surface area contributed by atoms with Crippen LogP contribution in [0.5, 0.6) is 0 Å². The van der Waals surface area contributed by atoms with Crippen molar-refractivity contribution in [2.45, 2.75) is 13.0 Å². The molecule has 2 aromatic carbocycles. The van der Waals surface area contributed by atoms with Gasteiger partial charge in [-0.1, -0.05) is 35.9 Å². The first kappa shape index (κ1) is 17.9. The topological polar surface area (TPSA) is 54.0 Å². The summed E-state index contributed by atoms with van der Waals surface area (Å²) < 4.78 is 12.9. The summed E-state index contributed by atoms with van der Waals surface area (Å²) in [5, 5.41) is 6.60. The highest BCUT2D eigenvalue weighted by Crippen LogP contribution is 2.13. The smallest absolute Gasteiger partial charge is 0.228 e. The number of pyridine rings is 1. The number of anilines is 2. The number of nitrogens with zero attached hydrogens (tertiary/aromatic N) is 1. The first-order chi connectivity index (χ1) is 12.6. The fourth-order valence-electron chi connectivity index (χ4n) is 2.36. The monoisotopic (exact) mass is 369 g/mol. The number of halogens is 2. The zero-order valence-corrected chi connectivity index (χ0v) is 14.6. The number of amides is 1. The third kappa shape index (κ3) is 5.29. The molecule has 0 aliphatic heterocycles. The molecule has 0 aliphatic carbocycles. The number of nitrogens with one attached hydrogen (secondary N) is 2. The van der Waals surface area contributed by atoms with Gasteiger partial charge in [0.1, 0.15) is 11.6 Å². The standard InChI is InChI=1S/C20H17ClFN3O/c21-16-5-1-14(2-6-16)11-20(26)25-18-9-10-19(24-13-18)23-12-15-3-7-17(22)8-4-15/h1-10,13H,11-12H2,(H,23,24)(H,25,26).